The fourth-order valence-corrected chi connectivity index (χ4v) is 2.43. The van der Waals surface area contributed by atoms with Crippen molar-refractivity contribution in [2.75, 3.05) is 25.3 Å². The highest BCUT2D eigenvalue weighted by Crippen LogP contribution is 2.27. The van der Waals surface area contributed by atoms with Gasteiger partial charge >= 0.3 is 0 Å². The van der Waals surface area contributed by atoms with Gasteiger partial charge in [-0.1, -0.05) is 11.6 Å². The predicted octanol–water partition coefficient (Wildman–Crippen LogP) is 4.09. The highest BCUT2D eigenvalue weighted by atomic mass is 35.5. The fourth-order valence-electron chi connectivity index (χ4n) is 1.76. The van der Waals surface area contributed by atoms with Gasteiger partial charge in [0.1, 0.15) is 11.5 Å². The van der Waals surface area contributed by atoms with Gasteiger partial charge in [-0.2, -0.15) is 0 Å². The molecule has 0 aliphatic rings. The van der Waals surface area contributed by atoms with E-state index in [1.807, 2.05) is 30.5 Å². The van der Waals surface area contributed by atoms with E-state index >= 15 is 0 Å². The molecule has 0 atom stereocenters. The van der Waals surface area contributed by atoms with Gasteiger partial charge in [0.15, 0.2) is 6.61 Å². The highest BCUT2D eigenvalue weighted by Gasteiger charge is 2.06. The molecule has 0 aromatic heterocycles. The van der Waals surface area contributed by atoms with Gasteiger partial charge in [-0.05, 0) is 48.7 Å². The van der Waals surface area contributed by atoms with Gasteiger partial charge in [-0.15, -0.1) is 11.8 Å². The molecule has 0 saturated carbocycles. The van der Waals surface area contributed by atoms with E-state index in [2.05, 4.69) is 5.32 Å². The molecule has 1 N–H and O–H groups in total. The second-order valence-corrected chi connectivity index (χ2v) is 5.65. The Labute approximate surface area is 138 Å². The van der Waals surface area contributed by atoms with Crippen molar-refractivity contribution >= 4 is 35.0 Å². The van der Waals surface area contributed by atoms with Crippen LogP contribution in [0, 0.1) is 0 Å². The number of halogens is 1. The first-order chi connectivity index (χ1) is 10.6. The number of anilines is 1. The van der Waals surface area contributed by atoms with E-state index in [-0.39, 0.29) is 12.5 Å². The summed E-state index contributed by atoms with van der Waals surface area (Å²) >= 11 is 7.66. The largest absolute Gasteiger partial charge is 0.495 e. The number of hydrogen-bond acceptors (Lipinski definition) is 4. The predicted molar refractivity (Wildman–Crippen MR) is 90.4 cm³/mol. The summed E-state index contributed by atoms with van der Waals surface area (Å²) in [4.78, 5) is 13.0. The standard InChI is InChI=1S/C16H16ClNO3S/c1-20-15-8-3-11(9-14(15)17)18-16(19)10-21-12-4-6-13(22-2)7-5-12/h3-9H,10H2,1-2H3,(H,18,19). The lowest BCUT2D eigenvalue weighted by molar-refractivity contribution is -0.118. The molecule has 2 aromatic carbocycles. The molecule has 0 saturated heterocycles. The maximum Gasteiger partial charge on any atom is 0.262 e. The third-order valence-electron chi connectivity index (χ3n) is 2.86. The molecule has 0 aliphatic heterocycles. The van der Waals surface area contributed by atoms with Crippen LogP contribution in [0.2, 0.25) is 5.02 Å². The van der Waals surface area contributed by atoms with Crippen molar-refractivity contribution in [3.63, 3.8) is 0 Å². The third kappa shape index (κ3) is 4.58. The van der Waals surface area contributed by atoms with Crippen molar-refractivity contribution in [2.24, 2.45) is 0 Å². The van der Waals surface area contributed by atoms with E-state index < -0.39 is 0 Å². The van der Waals surface area contributed by atoms with Crippen LogP contribution in [-0.4, -0.2) is 25.9 Å². The Morgan fingerprint density at radius 2 is 1.95 bits per heavy atom. The average molecular weight is 338 g/mol. The zero-order valence-corrected chi connectivity index (χ0v) is 13.8. The lowest BCUT2D eigenvalue weighted by Crippen LogP contribution is -2.20. The number of nitrogens with one attached hydrogen (secondary N) is 1. The van der Waals surface area contributed by atoms with Crippen molar-refractivity contribution in [1.29, 1.82) is 0 Å². The molecule has 4 nitrogen and oxygen atoms in total. The molecule has 0 aliphatic carbocycles. The molecule has 1 amide bonds. The summed E-state index contributed by atoms with van der Waals surface area (Å²) in [5, 5.41) is 3.16. The Kier molecular flexibility index (Phi) is 5.98. The van der Waals surface area contributed by atoms with Crippen molar-refractivity contribution in [2.45, 2.75) is 4.90 Å². The summed E-state index contributed by atoms with van der Waals surface area (Å²) in [6.45, 7) is -0.0672. The Bertz CT molecular complexity index is 646. The fraction of sp³-hybridized carbons (Fsp3) is 0.188. The van der Waals surface area contributed by atoms with E-state index in [1.54, 1.807) is 30.0 Å². The maximum absolute atomic E-state index is 11.9. The second kappa shape index (κ2) is 7.96. The number of benzene rings is 2. The molecule has 0 bridgehead atoms. The number of thioether (sulfide) groups is 1. The smallest absolute Gasteiger partial charge is 0.262 e. The average Bonchev–Trinajstić information content (AvgIpc) is 2.53. The Morgan fingerprint density at radius 1 is 1.23 bits per heavy atom. The number of ether oxygens (including phenoxy) is 2. The molecule has 116 valence electrons. The van der Waals surface area contributed by atoms with Crippen LogP contribution in [0.3, 0.4) is 0 Å². The SMILES string of the molecule is COc1ccc(NC(=O)COc2ccc(SC)cc2)cc1Cl. The lowest BCUT2D eigenvalue weighted by Gasteiger charge is -2.09. The lowest BCUT2D eigenvalue weighted by atomic mass is 10.3. The molecular formula is C16H16ClNO3S. The van der Waals surface area contributed by atoms with Gasteiger partial charge in [-0.3, -0.25) is 4.79 Å². The van der Waals surface area contributed by atoms with Gasteiger partial charge in [-0.25, -0.2) is 0 Å². The first kappa shape index (κ1) is 16.5. The summed E-state index contributed by atoms with van der Waals surface area (Å²) in [7, 11) is 1.54. The van der Waals surface area contributed by atoms with Crippen molar-refractivity contribution in [3.8, 4) is 11.5 Å². The zero-order valence-electron chi connectivity index (χ0n) is 12.3. The van der Waals surface area contributed by atoms with Crippen LogP contribution < -0.4 is 14.8 Å². The van der Waals surface area contributed by atoms with Gasteiger partial charge in [0.05, 0.1) is 12.1 Å². The molecular weight excluding hydrogens is 322 g/mol. The van der Waals surface area contributed by atoms with Gasteiger partial charge < -0.3 is 14.8 Å². The van der Waals surface area contributed by atoms with Crippen molar-refractivity contribution < 1.29 is 14.3 Å². The van der Waals surface area contributed by atoms with E-state index in [4.69, 9.17) is 21.1 Å². The minimum absolute atomic E-state index is 0.0672. The minimum atomic E-state index is -0.254. The van der Waals surface area contributed by atoms with Crippen molar-refractivity contribution in [1.82, 2.24) is 0 Å². The monoisotopic (exact) mass is 337 g/mol. The quantitative estimate of drug-likeness (QED) is 0.806. The van der Waals surface area contributed by atoms with Gasteiger partial charge in [0, 0.05) is 10.6 Å². The summed E-state index contributed by atoms with van der Waals surface area (Å²) < 4.78 is 10.5. The highest BCUT2D eigenvalue weighted by molar-refractivity contribution is 7.98. The van der Waals surface area contributed by atoms with Gasteiger partial charge in [0.25, 0.3) is 5.91 Å². The molecule has 22 heavy (non-hydrogen) atoms. The molecule has 0 heterocycles. The topological polar surface area (TPSA) is 47.6 Å². The summed E-state index contributed by atoms with van der Waals surface area (Å²) in [6.07, 6.45) is 2.00. The number of hydrogen-bond donors (Lipinski definition) is 1. The number of methoxy groups -OCH3 is 1. The summed E-state index contributed by atoms with van der Waals surface area (Å²) in [5.41, 5.74) is 0.595. The van der Waals surface area contributed by atoms with E-state index in [1.165, 1.54) is 7.11 Å². The van der Waals surface area contributed by atoms with Crippen LogP contribution in [0.4, 0.5) is 5.69 Å². The number of carbonyl (C=O) groups excluding carboxylic acids is 1. The minimum Gasteiger partial charge on any atom is -0.495 e. The Morgan fingerprint density at radius 3 is 2.55 bits per heavy atom. The van der Waals surface area contributed by atoms with Crippen LogP contribution in [0.25, 0.3) is 0 Å². The maximum atomic E-state index is 11.9. The number of amides is 1. The Hall–Kier alpha value is -1.85. The van der Waals surface area contributed by atoms with E-state index in [0.29, 0.717) is 22.2 Å². The van der Waals surface area contributed by atoms with Crippen LogP contribution in [0.15, 0.2) is 47.4 Å². The molecule has 0 spiro atoms. The van der Waals surface area contributed by atoms with Crippen LogP contribution in [0.5, 0.6) is 11.5 Å². The first-order valence-electron chi connectivity index (χ1n) is 6.52. The number of rotatable bonds is 6. The van der Waals surface area contributed by atoms with Crippen molar-refractivity contribution in [3.05, 3.63) is 47.5 Å². The van der Waals surface area contributed by atoms with Crippen LogP contribution >= 0.6 is 23.4 Å². The van der Waals surface area contributed by atoms with Crippen LogP contribution in [-0.2, 0) is 4.79 Å². The van der Waals surface area contributed by atoms with Gasteiger partial charge in [0.2, 0.25) is 0 Å². The zero-order chi connectivity index (χ0) is 15.9. The Balaban J connectivity index is 1.88. The molecule has 0 unspecified atom stereocenters. The molecule has 0 fully saturated rings. The normalized spacial score (nSPS) is 10.1. The molecule has 2 rings (SSSR count). The first-order valence-corrected chi connectivity index (χ1v) is 8.13. The summed E-state index contributed by atoms with van der Waals surface area (Å²) in [6, 6.07) is 12.6. The number of carbonyl (C=O) groups is 1. The molecule has 0 radical (unpaired) electrons. The molecule has 6 heteroatoms. The van der Waals surface area contributed by atoms with Crippen LogP contribution in [0.1, 0.15) is 0 Å². The third-order valence-corrected chi connectivity index (χ3v) is 3.90. The second-order valence-electron chi connectivity index (χ2n) is 4.36. The van der Waals surface area contributed by atoms with E-state index in [9.17, 15) is 4.79 Å². The summed E-state index contributed by atoms with van der Waals surface area (Å²) in [5.74, 6) is 0.959. The molecule has 2 aromatic rings. The van der Waals surface area contributed by atoms with E-state index in [0.717, 1.165) is 4.90 Å².